The first-order chi connectivity index (χ1) is 10.2. The summed E-state index contributed by atoms with van der Waals surface area (Å²) in [6, 6.07) is 0. The summed E-state index contributed by atoms with van der Waals surface area (Å²) in [4.78, 5) is 16.8. The van der Waals surface area contributed by atoms with E-state index in [-0.39, 0.29) is 17.2 Å². The Kier molecular flexibility index (Phi) is 3.89. The molecule has 2 N–H and O–H groups in total. The number of rotatable bonds is 4. The number of carbonyl (C=O) groups excluding carboxylic acids is 1. The number of piperidine rings is 1. The maximum Gasteiger partial charge on any atom is 0.249 e. The first-order valence-electron chi connectivity index (χ1n) is 7.92. The van der Waals surface area contributed by atoms with Crippen LogP contribution in [0.25, 0.3) is 0 Å². The Morgan fingerprint density at radius 2 is 1.95 bits per heavy atom. The van der Waals surface area contributed by atoms with Gasteiger partial charge in [0.2, 0.25) is 11.9 Å². The second-order valence-electron chi connectivity index (χ2n) is 6.09. The predicted octanol–water partition coefficient (Wildman–Crippen LogP) is 1.32. The van der Waals surface area contributed by atoms with E-state index in [0.717, 1.165) is 56.6 Å². The molecule has 21 heavy (non-hydrogen) atoms. The maximum absolute atomic E-state index is 12.4. The van der Waals surface area contributed by atoms with Crippen LogP contribution in [0.15, 0.2) is 0 Å². The van der Waals surface area contributed by atoms with Crippen molar-refractivity contribution in [2.24, 2.45) is 11.3 Å². The van der Waals surface area contributed by atoms with Crippen molar-refractivity contribution in [1.29, 1.82) is 0 Å². The van der Waals surface area contributed by atoms with Gasteiger partial charge >= 0.3 is 0 Å². The fourth-order valence-electron chi connectivity index (χ4n) is 3.38. The van der Waals surface area contributed by atoms with Gasteiger partial charge in [-0.2, -0.15) is 0 Å². The van der Waals surface area contributed by atoms with E-state index in [4.69, 9.17) is 0 Å². The molecule has 114 valence electrons. The van der Waals surface area contributed by atoms with Crippen molar-refractivity contribution >= 4 is 11.9 Å². The highest BCUT2D eigenvalue weighted by Crippen LogP contribution is 2.58. The molecule has 1 unspecified atom stereocenters. The summed E-state index contributed by atoms with van der Waals surface area (Å²) in [7, 11) is 0. The van der Waals surface area contributed by atoms with Gasteiger partial charge in [0.05, 0.1) is 11.4 Å². The van der Waals surface area contributed by atoms with Gasteiger partial charge in [0, 0.05) is 5.92 Å². The van der Waals surface area contributed by atoms with Crippen molar-refractivity contribution in [2.75, 3.05) is 18.4 Å². The quantitative estimate of drug-likeness (QED) is 0.874. The number of amides is 1. The second kappa shape index (κ2) is 5.67. The van der Waals surface area contributed by atoms with E-state index in [1.807, 2.05) is 13.8 Å². The number of nitrogens with zero attached hydrogens (tertiary/aromatic N) is 3. The Labute approximate surface area is 125 Å². The summed E-state index contributed by atoms with van der Waals surface area (Å²) < 4.78 is 0. The van der Waals surface area contributed by atoms with Crippen molar-refractivity contribution in [2.45, 2.75) is 46.0 Å². The van der Waals surface area contributed by atoms with E-state index in [9.17, 15) is 4.79 Å². The highest BCUT2D eigenvalue weighted by atomic mass is 16.2. The molecule has 6 heteroatoms. The molecule has 1 aliphatic heterocycles. The Hall–Kier alpha value is -1.56. The molecular weight excluding hydrogens is 266 g/mol. The number of carbonyl (C=O) groups is 1. The molecular formula is C15H23N5O. The number of hydrogen-bond acceptors (Lipinski definition) is 5. The van der Waals surface area contributed by atoms with Crippen LogP contribution in [0.5, 0.6) is 0 Å². The maximum atomic E-state index is 12.4. The molecule has 1 aliphatic carbocycles. The largest absolute Gasteiger partial charge is 0.317 e. The Morgan fingerprint density at radius 1 is 1.24 bits per heavy atom. The molecule has 6 nitrogen and oxygen atoms in total. The topological polar surface area (TPSA) is 79.8 Å². The third-order valence-electron chi connectivity index (χ3n) is 4.85. The number of hydrogen-bond donors (Lipinski definition) is 2. The molecule has 1 atom stereocenters. The molecule has 1 spiro atoms. The summed E-state index contributed by atoms with van der Waals surface area (Å²) in [5.41, 5.74) is 2.08. The van der Waals surface area contributed by atoms with E-state index in [1.54, 1.807) is 0 Å². The average Bonchev–Trinajstić information content (AvgIpc) is 3.21. The molecule has 1 amide bonds. The van der Waals surface area contributed by atoms with Crippen molar-refractivity contribution in [3.05, 3.63) is 11.4 Å². The monoisotopic (exact) mass is 289 g/mol. The fraction of sp³-hybridized carbons (Fsp3) is 0.733. The van der Waals surface area contributed by atoms with Gasteiger partial charge in [-0.05, 0) is 50.6 Å². The third kappa shape index (κ3) is 2.77. The van der Waals surface area contributed by atoms with Gasteiger partial charge in [-0.3, -0.25) is 10.1 Å². The Bertz CT molecular complexity index is 539. The first kappa shape index (κ1) is 14.4. The highest BCUT2D eigenvalue weighted by Gasteiger charge is 2.57. The van der Waals surface area contributed by atoms with Crippen LogP contribution in [0.2, 0.25) is 0 Å². The summed E-state index contributed by atoms with van der Waals surface area (Å²) in [6.07, 6.45) is 4.82. The zero-order valence-corrected chi connectivity index (χ0v) is 12.8. The molecule has 2 fully saturated rings. The summed E-state index contributed by atoms with van der Waals surface area (Å²) >= 11 is 0. The van der Waals surface area contributed by atoms with E-state index in [0.29, 0.717) is 5.95 Å². The van der Waals surface area contributed by atoms with Crippen molar-refractivity contribution in [1.82, 2.24) is 20.5 Å². The van der Waals surface area contributed by atoms with E-state index < -0.39 is 0 Å². The zero-order valence-electron chi connectivity index (χ0n) is 12.8. The van der Waals surface area contributed by atoms with Gasteiger partial charge < -0.3 is 5.32 Å². The number of nitrogens with one attached hydrogen (secondary N) is 2. The molecule has 2 heterocycles. The molecule has 0 aromatic carbocycles. The van der Waals surface area contributed by atoms with Gasteiger partial charge in [-0.25, -0.2) is 4.98 Å². The lowest BCUT2D eigenvalue weighted by Gasteiger charge is -2.23. The smallest absolute Gasteiger partial charge is 0.249 e. The van der Waals surface area contributed by atoms with Gasteiger partial charge in [0.1, 0.15) is 0 Å². The van der Waals surface area contributed by atoms with Crippen molar-refractivity contribution < 1.29 is 4.79 Å². The Morgan fingerprint density at radius 3 is 2.62 bits per heavy atom. The van der Waals surface area contributed by atoms with Crippen LogP contribution in [0.3, 0.4) is 0 Å². The number of anilines is 1. The van der Waals surface area contributed by atoms with E-state index in [1.165, 1.54) is 0 Å². The molecule has 2 aliphatic rings. The predicted molar refractivity (Wildman–Crippen MR) is 79.9 cm³/mol. The van der Waals surface area contributed by atoms with Gasteiger partial charge in [-0.1, -0.05) is 13.8 Å². The van der Waals surface area contributed by atoms with Crippen LogP contribution in [0, 0.1) is 11.3 Å². The van der Waals surface area contributed by atoms with Crippen LogP contribution in [0.1, 0.15) is 44.5 Å². The van der Waals surface area contributed by atoms with Gasteiger partial charge in [-0.15, -0.1) is 10.2 Å². The van der Waals surface area contributed by atoms with Gasteiger partial charge in [0.15, 0.2) is 0 Å². The fourth-order valence-corrected chi connectivity index (χ4v) is 3.38. The second-order valence-corrected chi connectivity index (χ2v) is 6.09. The van der Waals surface area contributed by atoms with Crippen LogP contribution in [-0.2, 0) is 17.6 Å². The third-order valence-corrected chi connectivity index (χ3v) is 4.85. The highest BCUT2D eigenvalue weighted by molar-refractivity contribution is 5.93. The SMILES string of the molecule is CCc1nnc(NC(=O)C2CC23CCNCC3)nc1CC. The Balaban J connectivity index is 1.66. The molecule has 1 saturated carbocycles. The molecule has 3 rings (SSSR count). The molecule has 0 bridgehead atoms. The summed E-state index contributed by atoms with van der Waals surface area (Å²) in [6.45, 7) is 6.12. The van der Waals surface area contributed by atoms with E-state index in [2.05, 4.69) is 25.8 Å². The summed E-state index contributed by atoms with van der Waals surface area (Å²) in [5.74, 6) is 0.536. The van der Waals surface area contributed by atoms with Crippen LogP contribution >= 0.6 is 0 Å². The molecule has 1 aromatic heterocycles. The summed E-state index contributed by atoms with van der Waals surface area (Å²) in [5, 5.41) is 14.4. The lowest BCUT2D eigenvalue weighted by Crippen LogP contribution is -2.32. The van der Waals surface area contributed by atoms with Crippen molar-refractivity contribution in [3.8, 4) is 0 Å². The van der Waals surface area contributed by atoms with Crippen LogP contribution < -0.4 is 10.6 Å². The minimum atomic E-state index is 0.0602. The van der Waals surface area contributed by atoms with Gasteiger partial charge in [0.25, 0.3) is 0 Å². The lowest BCUT2D eigenvalue weighted by atomic mass is 9.92. The normalized spacial score (nSPS) is 23.0. The van der Waals surface area contributed by atoms with E-state index >= 15 is 0 Å². The first-order valence-corrected chi connectivity index (χ1v) is 7.92. The average molecular weight is 289 g/mol. The minimum absolute atomic E-state index is 0.0602. The number of aryl methyl sites for hydroxylation is 2. The van der Waals surface area contributed by atoms with Crippen LogP contribution in [-0.4, -0.2) is 34.2 Å². The molecule has 1 saturated heterocycles. The lowest BCUT2D eigenvalue weighted by molar-refractivity contribution is -0.118. The van der Waals surface area contributed by atoms with Crippen LogP contribution in [0.4, 0.5) is 5.95 Å². The number of aromatic nitrogens is 3. The molecule has 1 aromatic rings. The standard InChI is InChI=1S/C15H23N5O/c1-3-11-12(4-2)19-20-14(17-11)18-13(21)10-9-15(10)5-7-16-8-6-15/h10,16H,3-9H2,1-2H3,(H,17,18,20,21). The minimum Gasteiger partial charge on any atom is -0.317 e. The zero-order chi connectivity index (χ0) is 14.9. The van der Waals surface area contributed by atoms with Crippen molar-refractivity contribution in [3.63, 3.8) is 0 Å². The molecule has 0 radical (unpaired) electrons.